The SMILES string of the molecule is S=c1[nH]cc(Cc2ccc3ccccc3c2)[nH]1. The Hall–Kier alpha value is -1.87. The molecule has 0 aliphatic rings. The molecule has 17 heavy (non-hydrogen) atoms. The van der Waals surface area contributed by atoms with Gasteiger partial charge in [0.1, 0.15) is 0 Å². The molecule has 0 bridgehead atoms. The first-order valence-electron chi connectivity index (χ1n) is 5.55. The molecule has 0 atom stereocenters. The summed E-state index contributed by atoms with van der Waals surface area (Å²) in [6.45, 7) is 0. The van der Waals surface area contributed by atoms with Crippen molar-refractivity contribution in [1.29, 1.82) is 0 Å². The zero-order valence-corrected chi connectivity index (χ0v) is 10.1. The lowest BCUT2D eigenvalue weighted by Crippen LogP contribution is -1.88. The van der Waals surface area contributed by atoms with Gasteiger partial charge in [0.05, 0.1) is 0 Å². The van der Waals surface area contributed by atoms with E-state index in [4.69, 9.17) is 12.2 Å². The van der Waals surface area contributed by atoms with Crippen LogP contribution in [0.3, 0.4) is 0 Å². The van der Waals surface area contributed by atoms with Gasteiger partial charge in [-0.1, -0.05) is 42.5 Å². The lowest BCUT2D eigenvalue weighted by molar-refractivity contribution is 1.10. The molecule has 3 rings (SSSR count). The van der Waals surface area contributed by atoms with E-state index in [1.165, 1.54) is 16.3 Å². The first-order chi connectivity index (χ1) is 8.31. The Labute approximate surface area is 104 Å². The van der Waals surface area contributed by atoms with E-state index in [9.17, 15) is 0 Å². The molecule has 0 radical (unpaired) electrons. The summed E-state index contributed by atoms with van der Waals surface area (Å²) >= 11 is 5.02. The average Bonchev–Trinajstić information content (AvgIpc) is 2.75. The first-order valence-corrected chi connectivity index (χ1v) is 5.96. The molecule has 0 fully saturated rings. The lowest BCUT2D eigenvalue weighted by atomic mass is 10.0. The Balaban J connectivity index is 1.98. The zero-order chi connectivity index (χ0) is 11.7. The number of fused-ring (bicyclic) bond motifs is 1. The van der Waals surface area contributed by atoms with Crippen molar-refractivity contribution in [1.82, 2.24) is 9.97 Å². The Morgan fingerprint density at radius 2 is 1.82 bits per heavy atom. The van der Waals surface area contributed by atoms with Gasteiger partial charge in [-0.05, 0) is 28.6 Å². The van der Waals surface area contributed by atoms with Gasteiger partial charge in [-0.3, -0.25) is 0 Å². The minimum atomic E-state index is 0.681. The number of benzene rings is 2. The number of aromatic nitrogens is 2. The number of aromatic amines is 2. The van der Waals surface area contributed by atoms with Crippen LogP contribution >= 0.6 is 12.2 Å². The summed E-state index contributed by atoms with van der Waals surface area (Å²) in [7, 11) is 0. The van der Waals surface area contributed by atoms with Gasteiger partial charge < -0.3 is 9.97 Å². The third kappa shape index (κ3) is 2.15. The van der Waals surface area contributed by atoms with Crippen LogP contribution in [-0.4, -0.2) is 9.97 Å². The van der Waals surface area contributed by atoms with Gasteiger partial charge in [0.25, 0.3) is 0 Å². The number of hydrogen-bond acceptors (Lipinski definition) is 1. The average molecular weight is 240 g/mol. The van der Waals surface area contributed by atoms with Crippen molar-refractivity contribution < 1.29 is 0 Å². The quantitative estimate of drug-likeness (QED) is 0.656. The van der Waals surface area contributed by atoms with Crippen molar-refractivity contribution in [3.63, 3.8) is 0 Å². The van der Waals surface area contributed by atoms with Crippen LogP contribution < -0.4 is 0 Å². The number of rotatable bonds is 2. The lowest BCUT2D eigenvalue weighted by Gasteiger charge is -2.02. The van der Waals surface area contributed by atoms with Crippen LogP contribution in [0.1, 0.15) is 11.3 Å². The summed E-state index contributed by atoms with van der Waals surface area (Å²) in [4.78, 5) is 6.12. The van der Waals surface area contributed by atoms with Gasteiger partial charge >= 0.3 is 0 Å². The van der Waals surface area contributed by atoms with E-state index in [0.717, 1.165) is 12.1 Å². The van der Waals surface area contributed by atoms with Gasteiger partial charge in [-0.15, -0.1) is 0 Å². The molecule has 2 N–H and O–H groups in total. The molecule has 0 saturated carbocycles. The summed E-state index contributed by atoms with van der Waals surface area (Å²) in [6, 6.07) is 14.9. The van der Waals surface area contributed by atoms with E-state index >= 15 is 0 Å². The molecular formula is C14H12N2S. The fourth-order valence-electron chi connectivity index (χ4n) is 2.03. The van der Waals surface area contributed by atoms with Crippen LogP contribution in [0.2, 0.25) is 0 Å². The zero-order valence-electron chi connectivity index (χ0n) is 9.23. The van der Waals surface area contributed by atoms with E-state index < -0.39 is 0 Å². The smallest absolute Gasteiger partial charge is 0.174 e. The van der Waals surface area contributed by atoms with Crippen LogP contribution in [0.5, 0.6) is 0 Å². The van der Waals surface area contributed by atoms with Crippen LogP contribution in [0.15, 0.2) is 48.7 Å². The second kappa shape index (κ2) is 4.18. The molecule has 0 unspecified atom stereocenters. The van der Waals surface area contributed by atoms with Gasteiger partial charge in [-0.25, -0.2) is 0 Å². The summed E-state index contributed by atoms with van der Waals surface area (Å²) < 4.78 is 0.681. The molecule has 2 nitrogen and oxygen atoms in total. The largest absolute Gasteiger partial charge is 0.337 e. The fraction of sp³-hybridized carbons (Fsp3) is 0.0714. The second-order valence-electron chi connectivity index (χ2n) is 4.13. The Morgan fingerprint density at radius 1 is 1.00 bits per heavy atom. The first kappa shape index (κ1) is 10.3. The van der Waals surface area contributed by atoms with Crippen LogP contribution in [-0.2, 0) is 6.42 Å². The molecule has 0 aliphatic heterocycles. The van der Waals surface area contributed by atoms with E-state index in [-0.39, 0.29) is 0 Å². The number of hydrogen-bond donors (Lipinski definition) is 2. The van der Waals surface area contributed by atoms with Crippen molar-refractivity contribution in [3.05, 3.63) is 64.7 Å². The summed E-state index contributed by atoms with van der Waals surface area (Å²) in [5, 5.41) is 2.55. The molecule has 84 valence electrons. The van der Waals surface area contributed by atoms with Gasteiger partial charge in [0, 0.05) is 18.3 Å². The number of imidazole rings is 1. The third-order valence-corrected chi connectivity index (χ3v) is 3.08. The van der Waals surface area contributed by atoms with Crippen molar-refractivity contribution >= 4 is 23.0 Å². The summed E-state index contributed by atoms with van der Waals surface area (Å²) in [6.07, 6.45) is 2.80. The molecule has 0 saturated heterocycles. The topological polar surface area (TPSA) is 31.6 Å². The molecular weight excluding hydrogens is 228 g/mol. The summed E-state index contributed by atoms with van der Waals surface area (Å²) in [5.41, 5.74) is 2.40. The Morgan fingerprint density at radius 3 is 2.59 bits per heavy atom. The van der Waals surface area contributed by atoms with E-state index in [2.05, 4.69) is 52.4 Å². The Bertz CT molecular complexity index is 709. The molecule has 3 aromatic rings. The van der Waals surface area contributed by atoms with Crippen LogP contribution in [0, 0.1) is 4.77 Å². The minimum Gasteiger partial charge on any atom is -0.337 e. The standard InChI is InChI=1S/C14H12N2S/c17-14-15-9-13(16-14)8-10-5-6-11-3-1-2-4-12(11)7-10/h1-7,9H,8H2,(H2,15,16,17). The maximum Gasteiger partial charge on any atom is 0.174 e. The predicted octanol–water partition coefficient (Wildman–Crippen LogP) is 3.82. The monoisotopic (exact) mass is 240 g/mol. The number of H-pyrrole nitrogens is 2. The fourth-order valence-corrected chi connectivity index (χ4v) is 2.22. The molecule has 0 spiro atoms. The highest BCUT2D eigenvalue weighted by Gasteiger charge is 1.99. The van der Waals surface area contributed by atoms with Crippen molar-refractivity contribution in [2.75, 3.05) is 0 Å². The van der Waals surface area contributed by atoms with Crippen molar-refractivity contribution in [2.24, 2.45) is 0 Å². The Kier molecular flexibility index (Phi) is 2.53. The van der Waals surface area contributed by atoms with Crippen molar-refractivity contribution in [3.8, 4) is 0 Å². The van der Waals surface area contributed by atoms with Gasteiger partial charge in [-0.2, -0.15) is 0 Å². The molecule has 0 amide bonds. The maximum absolute atomic E-state index is 5.02. The second-order valence-corrected chi connectivity index (χ2v) is 4.53. The molecule has 1 heterocycles. The highest BCUT2D eigenvalue weighted by Crippen LogP contribution is 2.17. The van der Waals surface area contributed by atoms with Gasteiger partial charge in [0.15, 0.2) is 4.77 Å². The normalized spacial score (nSPS) is 10.8. The van der Waals surface area contributed by atoms with E-state index in [1.54, 1.807) is 0 Å². The van der Waals surface area contributed by atoms with Crippen LogP contribution in [0.25, 0.3) is 10.8 Å². The third-order valence-electron chi connectivity index (χ3n) is 2.86. The van der Waals surface area contributed by atoms with Crippen LogP contribution in [0.4, 0.5) is 0 Å². The van der Waals surface area contributed by atoms with E-state index in [0.29, 0.717) is 4.77 Å². The molecule has 1 aromatic heterocycles. The van der Waals surface area contributed by atoms with Crippen molar-refractivity contribution in [2.45, 2.75) is 6.42 Å². The molecule has 3 heteroatoms. The molecule has 0 aliphatic carbocycles. The highest BCUT2D eigenvalue weighted by molar-refractivity contribution is 7.71. The predicted molar refractivity (Wildman–Crippen MR) is 72.7 cm³/mol. The van der Waals surface area contributed by atoms with E-state index in [1.807, 2.05) is 6.20 Å². The summed E-state index contributed by atoms with van der Waals surface area (Å²) in [5.74, 6) is 0. The maximum atomic E-state index is 5.02. The highest BCUT2D eigenvalue weighted by atomic mass is 32.1. The number of nitrogens with one attached hydrogen (secondary N) is 2. The minimum absolute atomic E-state index is 0.681. The van der Waals surface area contributed by atoms with Gasteiger partial charge in [0.2, 0.25) is 0 Å². The molecule has 2 aromatic carbocycles.